The Kier molecular flexibility index (Phi) is 15.6. The first kappa shape index (κ1) is 26.2. The Hall–Kier alpha value is -1.88. The maximum atomic E-state index is 12.2. The SMILES string of the molecule is CCCCCCCCCCCCCCNC(=O)C(CO)N=Cc1ccc(OC)cc1. The third kappa shape index (κ3) is 12.6. The molecule has 0 heterocycles. The van der Waals surface area contributed by atoms with Crippen molar-refractivity contribution in [3.63, 3.8) is 0 Å². The zero-order valence-corrected chi connectivity index (χ0v) is 19.1. The summed E-state index contributed by atoms with van der Waals surface area (Å²) in [6.45, 7) is 2.61. The summed E-state index contributed by atoms with van der Waals surface area (Å²) in [5, 5.41) is 12.4. The van der Waals surface area contributed by atoms with E-state index in [-0.39, 0.29) is 12.5 Å². The van der Waals surface area contributed by atoms with Crippen LogP contribution in [0.15, 0.2) is 29.3 Å². The van der Waals surface area contributed by atoms with E-state index < -0.39 is 6.04 Å². The van der Waals surface area contributed by atoms with Crippen molar-refractivity contribution in [1.82, 2.24) is 5.32 Å². The van der Waals surface area contributed by atoms with Crippen molar-refractivity contribution in [2.75, 3.05) is 20.3 Å². The molecule has 1 rings (SSSR count). The van der Waals surface area contributed by atoms with Crippen LogP contribution < -0.4 is 10.1 Å². The lowest BCUT2D eigenvalue weighted by molar-refractivity contribution is -0.123. The summed E-state index contributed by atoms with van der Waals surface area (Å²) in [7, 11) is 1.62. The van der Waals surface area contributed by atoms with Gasteiger partial charge in [0.25, 0.3) is 0 Å². The predicted octanol–water partition coefficient (Wildman–Crippen LogP) is 5.29. The molecule has 1 unspecified atom stereocenters. The highest BCUT2D eigenvalue weighted by molar-refractivity contribution is 5.86. The molecule has 0 aromatic heterocycles. The molecule has 2 N–H and O–H groups in total. The molecule has 0 radical (unpaired) electrons. The third-order valence-corrected chi connectivity index (χ3v) is 5.32. The minimum Gasteiger partial charge on any atom is -0.497 e. The van der Waals surface area contributed by atoms with E-state index in [2.05, 4.69) is 17.2 Å². The molecule has 170 valence electrons. The fraction of sp³-hybridized carbons (Fsp3) is 0.680. The summed E-state index contributed by atoms with van der Waals surface area (Å²) in [4.78, 5) is 16.4. The average molecular weight is 419 g/mol. The van der Waals surface area contributed by atoms with Crippen LogP contribution in [0.4, 0.5) is 0 Å². The smallest absolute Gasteiger partial charge is 0.247 e. The molecule has 0 saturated carbocycles. The molecule has 30 heavy (non-hydrogen) atoms. The topological polar surface area (TPSA) is 70.9 Å². The minimum atomic E-state index is -0.760. The van der Waals surface area contributed by atoms with E-state index in [1.54, 1.807) is 13.3 Å². The van der Waals surface area contributed by atoms with Gasteiger partial charge < -0.3 is 15.2 Å². The van der Waals surface area contributed by atoms with Crippen LogP contribution in [-0.2, 0) is 4.79 Å². The highest BCUT2D eigenvalue weighted by Crippen LogP contribution is 2.12. The van der Waals surface area contributed by atoms with Crippen LogP contribution in [0, 0.1) is 0 Å². The van der Waals surface area contributed by atoms with E-state index >= 15 is 0 Å². The van der Waals surface area contributed by atoms with Gasteiger partial charge in [-0.15, -0.1) is 0 Å². The minimum absolute atomic E-state index is 0.217. The summed E-state index contributed by atoms with van der Waals surface area (Å²) in [6, 6.07) is 6.64. The van der Waals surface area contributed by atoms with Crippen molar-refractivity contribution in [1.29, 1.82) is 0 Å². The molecule has 1 amide bonds. The molecular weight excluding hydrogens is 376 g/mol. The molecule has 1 aromatic rings. The number of aliphatic imine (C=N–C) groups is 1. The van der Waals surface area contributed by atoms with E-state index in [0.29, 0.717) is 6.54 Å². The molecular formula is C25H42N2O3. The van der Waals surface area contributed by atoms with Crippen molar-refractivity contribution < 1.29 is 14.6 Å². The van der Waals surface area contributed by atoms with Gasteiger partial charge in [0.15, 0.2) is 6.04 Å². The van der Waals surface area contributed by atoms with Gasteiger partial charge >= 0.3 is 0 Å². The molecule has 0 aliphatic carbocycles. The van der Waals surface area contributed by atoms with Crippen LogP contribution in [0.5, 0.6) is 5.75 Å². The van der Waals surface area contributed by atoms with Crippen LogP contribution in [0.3, 0.4) is 0 Å². The molecule has 0 bridgehead atoms. The maximum Gasteiger partial charge on any atom is 0.247 e. The second kappa shape index (κ2) is 17.9. The Balaban J connectivity index is 2.07. The van der Waals surface area contributed by atoms with Crippen molar-refractivity contribution in [3.8, 4) is 5.75 Å². The quantitative estimate of drug-likeness (QED) is 0.251. The second-order valence-corrected chi connectivity index (χ2v) is 7.93. The number of amides is 1. The Labute approximate surface area is 183 Å². The zero-order valence-electron chi connectivity index (χ0n) is 19.1. The summed E-state index contributed by atoms with van der Waals surface area (Å²) in [5.41, 5.74) is 0.864. The van der Waals surface area contributed by atoms with Crippen molar-refractivity contribution in [3.05, 3.63) is 29.8 Å². The number of carbonyl (C=O) groups is 1. The lowest BCUT2D eigenvalue weighted by Gasteiger charge is -2.10. The Morgan fingerprint density at radius 2 is 1.50 bits per heavy atom. The number of hydrogen-bond acceptors (Lipinski definition) is 4. The monoisotopic (exact) mass is 418 g/mol. The van der Waals surface area contributed by atoms with Crippen LogP contribution in [-0.4, -0.2) is 43.5 Å². The molecule has 0 spiro atoms. The van der Waals surface area contributed by atoms with Gasteiger partial charge in [-0.05, 0) is 36.2 Å². The van der Waals surface area contributed by atoms with Gasteiger partial charge in [-0.3, -0.25) is 9.79 Å². The number of carbonyl (C=O) groups excluding carboxylic acids is 1. The molecule has 0 aliphatic rings. The third-order valence-electron chi connectivity index (χ3n) is 5.32. The van der Waals surface area contributed by atoms with Crippen molar-refractivity contribution >= 4 is 12.1 Å². The maximum absolute atomic E-state index is 12.2. The Morgan fingerprint density at radius 3 is 2.00 bits per heavy atom. The number of nitrogens with zero attached hydrogens (tertiary/aromatic N) is 1. The number of aliphatic hydroxyl groups excluding tert-OH is 1. The van der Waals surface area contributed by atoms with Gasteiger partial charge in [0.05, 0.1) is 13.7 Å². The van der Waals surface area contributed by atoms with E-state index in [9.17, 15) is 9.90 Å². The molecule has 1 atom stereocenters. The van der Waals surface area contributed by atoms with Gasteiger partial charge in [0, 0.05) is 12.8 Å². The summed E-state index contributed by atoms with van der Waals surface area (Å²) in [5.74, 6) is 0.552. The lowest BCUT2D eigenvalue weighted by Crippen LogP contribution is -2.36. The summed E-state index contributed by atoms with van der Waals surface area (Å²) < 4.78 is 5.12. The number of benzene rings is 1. The predicted molar refractivity (Wildman–Crippen MR) is 126 cm³/mol. The first-order valence-corrected chi connectivity index (χ1v) is 11.8. The number of rotatable bonds is 18. The van der Waals surface area contributed by atoms with Gasteiger partial charge in [0.1, 0.15) is 5.75 Å². The number of nitrogens with one attached hydrogen (secondary N) is 1. The van der Waals surface area contributed by atoms with Gasteiger partial charge in [-0.25, -0.2) is 0 Å². The van der Waals surface area contributed by atoms with Gasteiger partial charge in [-0.2, -0.15) is 0 Å². The largest absolute Gasteiger partial charge is 0.497 e. The van der Waals surface area contributed by atoms with Gasteiger partial charge in [0.2, 0.25) is 5.91 Å². The van der Waals surface area contributed by atoms with Crippen molar-refractivity contribution in [2.45, 2.75) is 90.0 Å². The highest BCUT2D eigenvalue weighted by atomic mass is 16.5. The summed E-state index contributed by atoms with van der Waals surface area (Å²) >= 11 is 0. The van der Waals surface area contributed by atoms with E-state index in [4.69, 9.17) is 4.74 Å². The van der Waals surface area contributed by atoms with Crippen LogP contribution in [0.1, 0.15) is 89.5 Å². The highest BCUT2D eigenvalue weighted by Gasteiger charge is 2.14. The number of methoxy groups -OCH3 is 1. The van der Waals surface area contributed by atoms with E-state index in [1.807, 2.05) is 24.3 Å². The number of ether oxygens (including phenoxy) is 1. The lowest BCUT2D eigenvalue weighted by atomic mass is 10.1. The molecule has 0 saturated heterocycles. The normalized spacial score (nSPS) is 12.2. The van der Waals surface area contributed by atoms with Crippen LogP contribution in [0.2, 0.25) is 0 Å². The zero-order chi connectivity index (χ0) is 21.9. The second-order valence-electron chi connectivity index (χ2n) is 7.93. The van der Waals surface area contributed by atoms with Crippen LogP contribution >= 0.6 is 0 Å². The van der Waals surface area contributed by atoms with Gasteiger partial charge in [-0.1, -0.05) is 77.6 Å². The van der Waals surface area contributed by atoms with Crippen LogP contribution in [0.25, 0.3) is 0 Å². The summed E-state index contributed by atoms with van der Waals surface area (Å²) in [6.07, 6.45) is 17.2. The first-order chi connectivity index (χ1) is 14.7. The first-order valence-electron chi connectivity index (χ1n) is 11.8. The standard InChI is InChI=1S/C25H42N2O3/c1-3-4-5-6-7-8-9-10-11-12-13-14-19-26-25(29)24(21-28)27-20-22-15-17-23(30-2)18-16-22/h15-18,20,24,28H,3-14,19,21H2,1-2H3,(H,26,29). The van der Waals surface area contributed by atoms with E-state index in [0.717, 1.165) is 24.2 Å². The fourth-order valence-corrected chi connectivity index (χ4v) is 3.36. The number of hydrogen-bond donors (Lipinski definition) is 2. The number of aliphatic hydroxyl groups is 1. The molecule has 0 aliphatic heterocycles. The molecule has 0 fully saturated rings. The number of unbranched alkanes of at least 4 members (excludes halogenated alkanes) is 11. The fourth-order valence-electron chi connectivity index (χ4n) is 3.36. The van der Waals surface area contributed by atoms with E-state index in [1.165, 1.54) is 64.2 Å². The Bertz CT molecular complexity index is 572. The Morgan fingerprint density at radius 1 is 0.967 bits per heavy atom. The molecule has 5 heteroatoms. The van der Waals surface area contributed by atoms with Crippen molar-refractivity contribution in [2.24, 2.45) is 4.99 Å². The molecule has 1 aromatic carbocycles. The molecule has 5 nitrogen and oxygen atoms in total. The average Bonchev–Trinajstić information content (AvgIpc) is 2.77.